The fourth-order valence-electron chi connectivity index (χ4n) is 2.42. The Hall–Kier alpha value is -2.75. The van der Waals surface area contributed by atoms with Gasteiger partial charge in [0.05, 0.1) is 11.3 Å². The van der Waals surface area contributed by atoms with Crippen molar-refractivity contribution in [3.63, 3.8) is 0 Å². The van der Waals surface area contributed by atoms with Crippen LogP contribution in [0.3, 0.4) is 0 Å². The number of aryl methyl sites for hydroxylation is 1. The van der Waals surface area contributed by atoms with Crippen molar-refractivity contribution in [2.75, 3.05) is 16.8 Å². The molecule has 0 radical (unpaired) electrons. The van der Waals surface area contributed by atoms with Gasteiger partial charge < -0.3 is 11.1 Å². The van der Waals surface area contributed by atoms with Crippen LogP contribution in [-0.4, -0.2) is 11.7 Å². The zero-order chi connectivity index (χ0) is 18.5. The van der Waals surface area contributed by atoms with Gasteiger partial charge in [-0.25, -0.2) is 0 Å². The number of hydrogen-bond acceptors (Lipinski definition) is 5. The summed E-state index contributed by atoms with van der Waals surface area (Å²) in [7, 11) is 0. The van der Waals surface area contributed by atoms with Crippen molar-refractivity contribution in [1.82, 2.24) is 0 Å². The van der Waals surface area contributed by atoms with E-state index in [9.17, 15) is 10.1 Å². The second-order valence-electron chi connectivity index (χ2n) is 5.74. The van der Waals surface area contributed by atoms with Gasteiger partial charge in [-0.15, -0.1) is 23.1 Å². The molecule has 3 N–H and O–H groups in total. The number of anilines is 2. The topological polar surface area (TPSA) is 78.9 Å². The van der Waals surface area contributed by atoms with Crippen LogP contribution in [0.4, 0.5) is 10.7 Å². The first kappa shape index (κ1) is 18.1. The summed E-state index contributed by atoms with van der Waals surface area (Å²) in [5.41, 5.74) is 9.89. The van der Waals surface area contributed by atoms with Crippen LogP contribution < -0.4 is 11.1 Å². The standard InChI is InChI=1S/C20H17N3OS2/c1-13-5-7-14(8-6-13)18-11-26-20(17(18)10-21)23-19(24)12-25-16-4-2-3-15(22)9-16/h2-9,11H,12,22H2,1H3,(H,23,24). The van der Waals surface area contributed by atoms with E-state index in [1.165, 1.54) is 23.1 Å². The van der Waals surface area contributed by atoms with E-state index >= 15 is 0 Å². The average Bonchev–Trinajstić information content (AvgIpc) is 3.03. The third kappa shape index (κ3) is 4.26. The van der Waals surface area contributed by atoms with Crippen molar-refractivity contribution in [2.45, 2.75) is 11.8 Å². The zero-order valence-corrected chi connectivity index (χ0v) is 15.8. The van der Waals surface area contributed by atoms with Gasteiger partial charge in [0, 0.05) is 21.5 Å². The number of rotatable bonds is 5. The lowest BCUT2D eigenvalue weighted by molar-refractivity contribution is -0.113. The molecule has 0 bridgehead atoms. The molecule has 26 heavy (non-hydrogen) atoms. The van der Waals surface area contributed by atoms with Gasteiger partial charge in [0.2, 0.25) is 5.91 Å². The molecule has 3 rings (SSSR count). The molecule has 0 atom stereocenters. The largest absolute Gasteiger partial charge is 0.399 e. The molecule has 4 nitrogen and oxygen atoms in total. The maximum Gasteiger partial charge on any atom is 0.235 e. The van der Waals surface area contributed by atoms with E-state index in [1.54, 1.807) is 0 Å². The summed E-state index contributed by atoms with van der Waals surface area (Å²) in [5, 5.41) is 14.9. The Bertz CT molecular complexity index is 971. The molecular weight excluding hydrogens is 362 g/mol. The number of benzene rings is 2. The van der Waals surface area contributed by atoms with Gasteiger partial charge >= 0.3 is 0 Å². The van der Waals surface area contributed by atoms with Gasteiger partial charge in [0.1, 0.15) is 11.1 Å². The van der Waals surface area contributed by atoms with E-state index in [2.05, 4.69) is 11.4 Å². The van der Waals surface area contributed by atoms with Crippen molar-refractivity contribution >= 4 is 39.7 Å². The molecule has 6 heteroatoms. The molecule has 0 spiro atoms. The Balaban J connectivity index is 1.71. The van der Waals surface area contributed by atoms with Gasteiger partial charge in [-0.05, 0) is 30.7 Å². The number of hydrogen-bond donors (Lipinski definition) is 2. The van der Waals surface area contributed by atoms with Crippen LogP contribution in [0.25, 0.3) is 11.1 Å². The maximum atomic E-state index is 12.3. The van der Waals surface area contributed by atoms with Crippen LogP contribution in [0.15, 0.2) is 58.8 Å². The Morgan fingerprint density at radius 2 is 2.04 bits per heavy atom. The van der Waals surface area contributed by atoms with Crippen molar-refractivity contribution < 1.29 is 4.79 Å². The molecule has 0 aliphatic rings. The maximum absolute atomic E-state index is 12.3. The van der Waals surface area contributed by atoms with Gasteiger partial charge in [-0.1, -0.05) is 35.9 Å². The first-order valence-electron chi connectivity index (χ1n) is 7.93. The lowest BCUT2D eigenvalue weighted by Crippen LogP contribution is -2.13. The van der Waals surface area contributed by atoms with E-state index in [1.807, 2.05) is 60.8 Å². The van der Waals surface area contributed by atoms with Crippen LogP contribution >= 0.6 is 23.1 Å². The highest BCUT2D eigenvalue weighted by molar-refractivity contribution is 8.00. The molecule has 1 amide bonds. The van der Waals surface area contributed by atoms with Gasteiger partial charge in [0.25, 0.3) is 0 Å². The molecule has 2 aromatic carbocycles. The number of nitrogens with two attached hydrogens (primary N) is 1. The minimum absolute atomic E-state index is 0.147. The highest BCUT2D eigenvalue weighted by Gasteiger charge is 2.15. The summed E-state index contributed by atoms with van der Waals surface area (Å²) >= 11 is 2.78. The molecule has 1 aromatic heterocycles. The van der Waals surface area contributed by atoms with Crippen LogP contribution in [0.5, 0.6) is 0 Å². The molecule has 0 fully saturated rings. The summed E-state index contributed by atoms with van der Waals surface area (Å²) in [6.45, 7) is 2.02. The predicted octanol–water partition coefficient (Wildman–Crippen LogP) is 4.91. The minimum atomic E-state index is -0.147. The van der Waals surface area contributed by atoms with Gasteiger partial charge in [-0.3, -0.25) is 4.79 Å². The number of carbonyl (C=O) groups is 1. The number of thioether (sulfide) groups is 1. The zero-order valence-electron chi connectivity index (χ0n) is 14.2. The van der Waals surface area contributed by atoms with Gasteiger partial charge in [-0.2, -0.15) is 5.26 Å². The fourth-order valence-corrected chi connectivity index (χ4v) is 4.12. The first-order valence-corrected chi connectivity index (χ1v) is 9.80. The highest BCUT2D eigenvalue weighted by atomic mass is 32.2. The van der Waals surface area contributed by atoms with E-state index in [0.29, 0.717) is 16.3 Å². The van der Waals surface area contributed by atoms with Crippen LogP contribution in [-0.2, 0) is 4.79 Å². The molecule has 0 aliphatic heterocycles. The molecule has 130 valence electrons. The SMILES string of the molecule is Cc1ccc(-c2csc(NC(=O)CSc3cccc(N)c3)c2C#N)cc1. The Kier molecular flexibility index (Phi) is 5.61. The Labute approximate surface area is 160 Å². The number of nitrogen functional groups attached to an aromatic ring is 1. The smallest absolute Gasteiger partial charge is 0.235 e. The van der Waals surface area contributed by atoms with Crippen LogP contribution in [0.1, 0.15) is 11.1 Å². The summed E-state index contributed by atoms with van der Waals surface area (Å²) in [6, 6.07) is 17.6. The van der Waals surface area contributed by atoms with Crippen LogP contribution in [0.2, 0.25) is 0 Å². The van der Waals surface area contributed by atoms with Crippen LogP contribution in [0, 0.1) is 18.3 Å². The second kappa shape index (κ2) is 8.09. The molecule has 3 aromatic rings. The van der Waals surface area contributed by atoms with E-state index < -0.39 is 0 Å². The Morgan fingerprint density at radius 3 is 2.73 bits per heavy atom. The summed E-state index contributed by atoms with van der Waals surface area (Å²) in [4.78, 5) is 13.2. The molecular formula is C20H17N3OS2. The predicted molar refractivity (Wildman–Crippen MR) is 109 cm³/mol. The highest BCUT2D eigenvalue weighted by Crippen LogP contribution is 2.35. The number of nitriles is 1. The van der Waals surface area contributed by atoms with E-state index in [4.69, 9.17) is 5.73 Å². The van der Waals surface area contributed by atoms with E-state index in [0.717, 1.165) is 21.6 Å². The molecule has 0 saturated heterocycles. The van der Waals surface area contributed by atoms with Crippen molar-refractivity contribution in [3.8, 4) is 17.2 Å². The third-order valence-electron chi connectivity index (χ3n) is 3.75. The van der Waals surface area contributed by atoms with E-state index in [-0.39, 0.29) is 11.7 Å². The molecule has 0 unspecified atom stereocenters. The Morgan fingerprint density at radius 1 is 1.27 bits per heavy atom. The molecule has 0 saturated carbocycles. The average molecular weight is 380 g/mol. The number of nitrogens with one attached hydrogen (secondary N) is 1. The monoisotopic (exact) mass is 379 g/mol. The normalized spacial score (nSPS) is 10.3. The minimum Gasteiger partial charge on any atom is -0.399 e. The van der Waals surface area contributed by atoms with Crippen molar-refractivity contribution in [1.29, 1.82) is 5.26 Å². The number of amides is 1. The first-order chi connectivity index (χ1) is 12.6. The number of nitrogens with zero attached hydrogens (tertiary/aromatic N) is 1. The summed E-state index contributed by atoms with van der Waals surface area (Å²) in [5.74, 6) is 0.109. The lowest BCUT2D eigenvalue weighted by Gasteiger charge is -2.05. The lowest BCUT2D eigenvalue weighted by atomic mass is 10.0. The van der Waals surface area contributed by atoms with Crippen molar-refractivity contribution in [3.05, 3.63) is 65.0 Å². The van der Waals surface area contributed by atoms with Crippen molar-refractivity contribution in [2.24, 2.45) is 0 Å². The molecule has 0 aliphatic carbocycles. The second-order valence-corrected chi connectivity index (χ2v) is 7.67. The summed E-state index contributed by atoms with van der Waals surface area (Å²) < 4.78 is 0. The third-order valence-corrected chi connectivity index (χ3v) is 5.64. The number of thiophene rings is 1. The summed E-state index contributed by atoms with van der Waals surface area (Å²) in [6.07, 6.45) is 0. The fraction of sp³-hybridized carbons (Fsp3) is 0.100. The number of carbonyl (C=O) groups excluding carboxylic acids is 1. The molecule has 1 heterocycles. The van der Waals surface area contributed by atoms with Gasteiger partial charge in [0.15, 0.2) is 0 Å². The quantitative estimate of drug-likeness (QED) is 0.488.